The van der Waals surface area contributed by atoms with Gasteiger partial charge in [-0.25, -0.2) is 0 Å². The number of hydrogen-bond acceptors (Lipinski definition) is 6. The Morgan fingerprint density at radius 1 is 1.33 bits per heavy atom. The molecular formula is C13H13N3O4S. The topological polar surface area (TPSA) is 86.5 Å². The molecule has 3 rings (SSSR count). The van der Waals surface area contributed by atoms with E-state index in [1.165, 1.54) is 0 Å². The van der Waals surface area contributed by atoms with Gasteiger partial charge in [-0.3, -0.25) is 9.36 Å². The van der Waals surface area contributed by atoms with Crippen LogP contribution in [0.2, 0.25) is 0 Å². The molecule has 0 spiro atoms. The fraction of sp³-hybridized carbons (Fsp3) is 0.308. The van der Waals surface area contributed by atoms with Gasteiger partial charge in [0.1, 0.15) is 19.0 Å². The van der Waals surface area contributed by atoms with Crippen LogP contribution in [0.4, 0.5) is 0 Å². The van der Waals surface area contributed by atoms with Crippen molar-refractivity contribution in [3.05, 3.63) is 24.0 Å². The van der Waals surface area contributed by atoms with Crippen molar-refractivity contribution in [1.82, 2.24) is 14.8 Å². The maximum atomic E-state index is 10.7. The molecule has 0 aliphatic carbocycles. The van der Waals surface area contributed by atoms with E-state index >= 15 is 0 Å². The van der Waals surface area contributed by atoms with Gasteiger partial charge in [0.05, 0.1) is 11.4 Å². The van der Waals surface area contributed by atoms with Gasteiger partial charge in [0, 0.05) is 6.07 Å². The number of carboxylic acids is 1. The molecule has 1 aliphatic heterocycles. The van der Waals surface area contributed by atoms with Gasteiger partial charge in [-0.05, 0) is 19.1 Å². The Morgan fingerprint density at radius 3 is 2.86 bits per heavy atom. The SMILES string of the molecule is Cc1nnc(SCC(=O)O)n1-c1ccc2c(c1)OCCO2. The molecule has 0 saturated heterocycles. The van der Waals surface area contributed by atoms with Crippen LogP contribution in [0.15, 0.2) is 23.4 Å². The highest BCUT2D eigenvalue weighted by molar-refractivity contribution is 7.99. The summed E-state index contributed by atoms with van der Waals surface area (Å²) >= 11 is 1.13. The number of aromatic nitrogens is 3. The molecule has 0 atom stereocenters. The van der Waals surface area contributed by atoms with Crippen molar-refractivity contribution in [1.29, 1.82) is 0 Å². The molecule has 8 heteroatoms. The van der Waals surface area contributed by atoms with E-state index in [0.717, 1.165) is 17.4 Å². The minimum absolute atomic E-state index is 0.0668. The number of carboxylic acid groups (broad SMARTS) is 1. The number of thioether (sulfide) groups is 1. The van der Waals surface area contributed by atoms with Crippen molar-refractivity contribution in [3.63, 3.8) is 0 Å². The van der Waals surface area contributed by atoms with E-state index in [1.807, 2.05) is 25.1 Å². The molecule has 1 aliphatic rings. The van der Waals surface area contributed by atoms with Crippen LogP contribution in [-0.2, 0) is 4.79 Å². The van der Waals surface area contributed by atoms with Gasteiger partial charge >= 0.3 is 5.97 Å². The summed E-state index contributed by atoms with van der Waals surface area (Å²) in [6.45, 7) is 2.87. The first kappa shape index (κ1) is 13.7. The van der Waals surface area contributed by atoms with Gasteiger partial charge in [-0.1, -0.05) is 11.8 Å². The smallest absolute Gasteiger partial charge is 0.313 e. The molecule has 0 fully saturated rings. The molecule has 21 heavy (non-hydrogen) atoms. The van der Waals surface area contributed by atoms with Gasteiger partial charge in [-0.15, -0.1) is 10.2 Å². The molecule has 1 N–H and O–H groups in total. The van der Waals surface area contributed by atoms with Crippen molar-refractivity contribution >= 4 is 17.7 Å². The first-order valence-corrected chi connectivity index (χ1v) is 7.30. The molecule has 110 valence electrons. The number of hydrogen-bond donors (Lipinski definition) is 1. The third-order valence-electron chi connectivity index (χ3n) is 2.90. The third kappa shape index (κ3) is 2.80. The van der Waals surface area contributed by atoms with E-state index < -0.39 is 5.97 Å². The molecule has 1 aromatic carbocycles. The molecule has 1 aromatic heterocycles. The van der Waals surface area contributed by atoms with E-state index in [9.17, 15) is 4.79 Å². The van der Waals surface area contributed by atoms with Crippen molar-refractivity contribution in [2.75, 3.05) is 19.0 Å². The predicted octanol–water partition coefficient (Wildman–Crippen LogP) is 1.52. The quantitative estimate of drug-likeness (QED) is 0.857. The van der Waals surface area contributed by atoms with Crippen LogP contribution in [0.5, 0.6) is 11.5 Å². The highest BCUT2D eigenvalue weighted by Gasteiger charge is 2.17. The number of fused-ring (bicyclic) bond motifs is 1. The second-order valence-electron chi connectivity index (χ2n) is 4.38. The number of carbonyl (C=O) groups is 1. The summed E-state index contributed by atoms with van der Waals surface area (Å²) in [5.41, 5.74) is 0.814. The number of aryl methyl sites for hydroxylation is 1. The second kappa shape index (κ2) is 5.65. The lowest BCUT2D eigenvalue weighted by Gasteiger charge is -2.19. The highest BCUT2D eigenvalue weighted by Crippen LogP contribution is 2.33. The predicted molar refractivity (Wildman–Crippen MR) is 75.4 cm³/mol. The lowest BCUT2D eigenvalue weighted by molar-refractivity contribution is -0.133. The van der Waals surface area contributed by atoms with Gasteiger partial charge in [0.15, 0.2) is 16.7 Å². The molecular weight excluding hydrogens is 294 g/mol. The summed E-state index contributed by atoms with van der Waals surface area (Å²) in [5, 5.41) is 17.3. The Labute approximate surface area is 124 Å². The summed E-state index contributed by atoms with van der Waals surface area (Å²) in [6, 6.07) is 5.54. The summed E-state index contributed by atoms with van der Waals surface area (Å²) < 4.78 is 12.8. The summed E-state index contributed by atoms with van der Waals surface area (Å²) in [7, 11) is 0. The maximum absolute atomic E-state index is 10.7. The van der Waals surface area contributed by atoms with E-state index in [2.05, 4.69) is 10.2 Å². The molecule has 0 unspecified atom stereocenters. The molecule has 0 saturated carbocycles. The monoisotopic (exact) mass is 307 g/mol. The lowest BCUT2D eigenvalue weighted by Crippen LogP contribution is -2.15. The van der Waals surface area contributed by atoms with E-state index in [4.69, 9.17) is 14.6 Å². The van der Waals surface area contributed by atoms with Crippen LogP contribution in [0, 0.1) is 6.92 Å². The van der Waals surface area contributed by atoms with Crippen LogP contribution in [0.3, 0.4) is 0 Å². The van der Waals surface area contributed by atoms with Crippen molar-refractivity contribution < 1.29 is 19.4 Å². The van der Waals surface area contributed by atoms with Gasteiger partial charge in [0.25, 0.3) is 0 Å². The molecule has 7 nitrogen and oxygen atoms in total. The Bertz CT molecular complexity index is 686. The molecule has 0 radical (unpaired) electrons. The first-order valence-electron chi connectivity index (χ1n) is 6.32. The Hall–Kier alpha value is -2.22. The Balaban J connectivity index is 1.96. The van der Waals surface area contributed by atoms with Crippen molar-refractivity contribution in [3.8, 4) is 17.2 Å². The second-order valence-corrected chi connectivity index (χ2v) is 5.32. The summed E-state index contributed by atoms with van der Waals surface area (Å²) in [6.07, 6.45) is 0. The molecule has 2 heterocycles. The van der Waals surface area contributed by atoms with Crippen LogP contribution in [-0.4, -0.2) is 44.8 Å². The first-order chi connectivity index (χ1) is 10.1. The zero-order chi connectivity index (χ0) is 14.8. The summed E-state index contributed by atoms with van der Waals surface area (Å²) in [5.74, 6) is 1.09. The largest absolute Gasteiger partial charge is 0.486 e. The molecule has 0 bridgehead atoms. The standard InChI is InChI=1S/C13H13N3O4S/c1-8-14-15-13(21-7-12(17)18)16(8)9-2-3-10-11(6-9)20-5-4-19-10/h2-3,6H,4-5,7H2,1H3,(H,17,18). The maximum Gasteiger partial charge on any atom is 0.313 e. The fourth-order valence-corrected chi connectivity index (χ4v) is 2.75. The van der Waals surface area contributed by atoms with Crippen molar-refractivity contribution in [2.45, 2.75) is 12.1 Å². The normalized spacial score (nSPS) is 13.2. The zero-order valence-corrected chi connectivity index (χ0v) is 12.1. The zero-order valence-electron chi connectivity index (χ0n) is 11.3. The van der Waals surface area contributed by atoms with Crippen LogP contribution in [0.25, 0.3) is 5.69 Å². The highest BCUT2D eigenvalue weighted by atomic mass is 32.2. The van der Waals surface area contributed by atoms with Crippen molar-refractivity contribution in [2.24, 2.45) is 0 Å². The number of ether oxygens (including phenoxy) is 2. The minimum atomic E-state index is -0.894. The number of rotatable bonds is 4. The number of benzene rings is 1. The average Bonchev–Trinajstić information content (AvgIpc) is 2.85. The van der Waals surface area contributed by atoms with E-state index in [-0.39, 0.29) is 5.75 Å². The molecule has 2 aromatic rings. The van der Waals surface area contributed by atoms with Crippen LogP contribution < -0.4 is 9.47 Å². The van der Waals surface area contributed by atoms with Gasteiger partial charge in [-0.2, -0.15) is 0 Å². The van der Waals surface area contributed by atoms with E-state index in [1.54, 1.807) is 4.57 Å². The lowest BCUT2D eigenvalue weighted by atomic mass is 10.2. The molecule has 0 amide bonds. The Kier molecular flexibility index (Phi) is 3.70. The van der Waals surface area contributed by atoms with Crippen LogP contribution >= 0.6 is 11.8 Å². The average molecular weight is 307 g/mol. The number of nitrogens with zero attached hydrogens (tertiary/aromatic N) is 3. The van der Waals surface area contributed by atoms with Gasteiger partial charge in [0.2, 0.25) is 0 Å². The van der Waals surface area contributed by atoms with E-state index in [0.29, 0.717) is 35.7 Å². The number of aliphatic carboxylic acids is 1. The third-order valence-corrected chi connectivity index (χ3v) is 3.82. The Morgan fingerprint density at radius 2 is 2.10 bits per heavy atom. The summed E-state index contributed by atoms with van der Waals surface area (Å²) in [4.78, 5) is 10.7. The van der Waals surface area contributed by atoms with Gasteiger partial charge < -0.3 is 14.6 Å². The minimum Gasteiger partial charge on any atom is -0.486 e. The fourth-order valence-electron chi connectivity index (χ4n) is 2.03. The van der Waals surface area contributed by atoms with Crippen LogP contribution in [0.1, 0.15) is 5.82 Å².